The number of likely N-dealkylation sites (tertiary alicyclic amines) is 1. The fourth-order valence-corrected chi connectivity index (χ4v) is 1.58. The summed E-state index contributed by atoms with van der Waals surface area (Å²) in [4.78, 5) is 13.1. The van der Waals surface area contributed by atoms with Crippen LogP contribution in [0.1, 0.15) is 19.8 Å². The van der Waals surface area contributed by atoms with Crippen LogP contribution in [0.4, 0.5) is 0 Å². The van der Waals surface area contributed by atoms with Crippen LogP contribution in [-0.4, -0.2) is 36.1 Å². The zero-order valence-corrected chi connectivity index (χ0v) is 7.13. The van der Waals surface area contributed by atoms with Gasteiger partial charge in [-0.3, -0.25) is 4.79 Å². The highest BCUT2D eigenvalue weighted by Gasteiger charge is 2.43. The molecule has 1 heterocycles. The van der Waals surface area contributed by atoms with Gasteiger partial charge in [-0.05, 0) is 12.8 Å². The topological polar surface area (TPSA) is 40.5 Å². The lowest BCUT2D eigenvalue weighted by Crippen LogP contribution is -2.34. The van der Waals surface area contributed by atoms with Gasteiger partial charge in [-0.15, -0.1) is 0 Å². The number of carbonyl (C=O) groups is 1. The predicted octanol–water partition coefficient (Wildman–Crippen LogP) is 0.237. The molecule has 64 valence electrons. The van der Waals surface area contributed by atoms with Gasteiger partial charge in [0.05, 0.1) is 12.0 Å². The molecular weight excluding hydrogens is 142 g/mol. The third-order valence-electron chi connectivity index (χ3n) is 2.71. The van der Waals surface area contributed by atoms with Crippen LogP contribution >= 0.6 is 0 Å². The maximum absolute atomic E-state index is 11.5. The molecule has 1 rings (SSSR count). The van der Waals surface area contributed by atoms with Crippen LogP contribution < -0.4 is 0 Å². The van der Waals surface area contributed by atoms with Gasteiger partial charge >= 0.3 is 0 Å². The van der Waals surface area contributed by atoms with E-state index < -0.39 is 5.41 Å². The summed E-state index contributed by atoms with van der Waals surface area (Å²) in [6.07, 6.45) is 1.54. The van der Waals surface area contributed by atoms with Gasteiger partial charge in [-0.25, -0.2) is 0 Å². The number of hydrogen-bond acceptors (Lipinski definition) is 2. The number of carbonyl (C=O) groups excluding carboxylic acids is 1. The van der Waals surface area contributed by atoms with Crippen LogP contribution in [0.25, 0.3) is 0 Å². The quantitative estimate of drug-likeness (QED) is 0.623. The van der Waals surface area contributed by atoms with Gasteiger partial charge in [0.15, 0.2) is 0 Å². The lowest BCUT2D eigenvalue weighted by Gasteiger charge is -2.22. The molecule has 0 saturated carbocycles. The minimum absolute atomic E-state index is 0.00727. The Balaban J connectivity index is 2.78. The molecule has 1 N–H and O–H groups in total. The monoisotopic (exact) mass is 157 g/mol. The first kappa shape index (κ1) is 8.53. The predicted molar refractivity (Wildman–Crippen MR) is 42.1 cm³/mol. The van der Waals surface area contributed by atoms with Crippen molar-refractivity contribution in [1.82, 2.24) is 4.90 Å². The van der Waals surface area contributed by atoms with E-state index in [0.29, 0.717) is 0 Å². The van der Waals surface area contributed by atoms with Crippen LogP contribution in [0, 0.1) is 5.41 Å². The molecule has 1 aliphatic rings. The van der Waals surface area contributed by atoms with Crippen LogP contribution in [0.2, 0.25) is 0 Å². The largest absolute Gasteiger partial charge is 0.395 e. The van der Waals surface area contributed by atoms with Crippen molar-refractivity contribution in [1.29, 1.82) is 0 Å². The summed E-state index contributed by atoms with van der Waals surface area (Å²) in [5, 5.41) is 9.06. The molecule has 11 heavy (non-hydrogen) atoms. The molecule has 0 aromatic rings. The molecule has 1 unspecified atom stereocenters. The standard InChI is InChI=1S/C8H15NO2/c1-3-8(6-10)4-5-9(2)7(8)11/h10H,3-6H2,1-2H3. The third kappa shape index (κ3) is 1.13. The highest BCUT2D eigenvalue weighted by Crippen LogP contribution is 2.33. The number of amides is 1. The van der Waals surface area contributed by atoms with Crippen LogP contribution in [0.15, 0.2) is 0 Å². The van der Waals surface area contributed by atoms with Crippen molar-refractivity contribution in [3.05, 3.63) is 0 Å². The van der Waals surface area contributed by atoms with Gasteiger partial charge in [0.2, 0.25) is 5.91 Å². The summed E-state index contributed by atoms with van der Waals surface area (Å²) >= 11 is 0. The van der Waals surface area contributed by atoms with Gasteiger partial charge in [0.25, 0.3) is 0 Å². The molecule has 0 aromatic carbocycles. The van der Waals surface area contributed by atoms with E-state index in [9.17, 15) is 4.79 Å². The number of aliphatic hydroxyl groups is 1. The van der Waals surface area contributed by atoms with Gasteiger partial charge in [0, 0.05) is 13.6 Å². The fourth-order valence-electron chi connectivity index (χ4n) is 1.58. The van der Waals surface area contributed by atoms with E-state index in [-0.39, 0.29) is 12.5 Å². The SMILES string of the molecule is CCC1(CO)CCN(C)C1=O. The average Bonchev–Trinajstić information content (AvgIpc) is 2.32. The number of nitrogens with zero attached hydrogens (tertiary/aromatic N) is 1. The summed E-state index contributed by atoms with van der Waals surface area (Å²) in [6, 6.07) is 0. The maximum atomic E-state index is 11.5. The van der Waals surface area contributed by atoms with E-state index >= 15 is 0 Å². The zero-order valence-electron chi connectivity index (χ0n) is 7.13. The molecule has 0 aromatic heterocycles. The second-order valence-corrected chi connectivity index (χ2v) is 3.27. The number of rotatable bonds is 2. The van der Waals surface area contributed by atoms with Crippen molar-refractivity contribution in [2.75, 3.05) is 20.2 Å². The summed E-state index contributed by atoms with van der Waals surface area (Å²) < 4.78 is 0. The second kappa shape index (κ2) is 2.81. The third-order valence-corrected chi connectivity index (χ3v) is 2.71. The van der Waals surface area contributed by atoms with E-state index in [1.54, 1.807) is 11.9 Å². The van der Waals surface area contributed by atoms with Crippen LogP contribution in [0.5, 0.6) is 0 Å². The Labute approximate surface area is 67.0 Å². The maximum Gasteiger partial charge on any atom is 0.230 e. The van der Waals surface area contributed by atoms with Crippen molar-refractivity contribution in [2.24, 2.45) is 5.41 Å². The van der Waals surface area contributed by atoms with Crippen molar-refractivity contribution >= 4 is 5.91 Å². The average molecular weight is 157 g/mol. The summed E-state index contributed by atoms with van der Waals surface area (Å²) in [5.41, 5.74) is -0.450. The molecule has 0 aliphatic carbocycles. The number of aliphatic hydroxyl groups excluding tert-OH is 1. The first-order valence-electron chi connectivity index (χ1n) is 4.03. The van der Waals surface area contributed by atoms with E-state index in [1.165, 1.54) is 0 Å². The minimum Gasteiger partial charge on any atom is -0.395 e. The highest BCUT2D eigenvalue weighted by atomic mass is 16.3. The Morgan fingerprint density at radius 1 is 1.73 bits per heavy atom. The minimum atomic E-state index is -0.450. The summed E-state index contributed by atoms with van der Waals surface area (Å²) in [7, 11) is 1.79. The second-order valence-electron chi connectivity index (χ2n) is 3.27. The first-order chi connectivity index (χ1) is 5.16. The fraction of sp³-hybridized carbons (Fsp3) is 0.875. The van der Waals surface area contributed by atoms with Crippen molar-refractivity contribution in [3.8, 4) is 0 Å². The first-order valence-corrected chi connectivity index (χ1v) is 4.03. The Bertz CT molecular complexity index is 163. The molecule has 1 amide bonds. The Morgan fingerprint density at radius 3 is 2.55 bits per heavy atom. The molecule has 3 heteroatoms. The van der Waals surface area contributed by atoms with Gasteiger partial charge in [-0.1, -0.05) is 6.92 Å². The van der Waals surface area contributed by atoms with Crippen molar-refractivity contribution in [2.45, 2.75) is 19.8 Å². The van der Waals surface area contributed by atoms with E-state index in [2.05, 4.69) is 0 Å². The van der Waals surface area contributed by atoms with Gasteiger partial charge < -0.3 is 10.0 Å². The normalized spacial score (nSPS) is 31.5. The molecule has 0 radical (unpaired) electrons. The highest BCUT2D eigenvalue weighted by molar-refractivity contribution is 5.84. The Morgan fingerprint density at radius 2 is 2.36 bits per heavy atom. The number of hydrogen-bond donors (Lipinski definition) is 1. The van der Waals surface area contributed by atoms with E-state index in [1.807, 2.05) is 6.92 Å². The van der Waals surface area contributed by atoms with Crippen molar-refractivity contribution < 1.29 is 9.90 Å². The zero-order chi connectivity index (χ0) is 8.48. The molecule has 0 spiro atoms. The van der Waals surface area contributed by atoms with Crippen LogP contribution in [0.3, 0.4) is 0 Å². The molecule has 1 fully saturated rings. The Hall–Kier alpha value is -0.570. The Kier molecular flexibility index (Phi) is 2.18. The van der Waals surface area contributed by atoms with Gasteiger partial charge in [0.1, 0.15) is 0 Å². The smallest absolute Gasteiger partial charge is 0.230 e. The molecule has 1 saturated heterocycles. The van der Waals surface area contributed by atoms with E-state index in [0.717, 1.165) is 19.4 Å². The van der Waals surface area contributed by atoms with Crippen molar-refractivity contribution in [3.63, 3.8) is 0 Å². The molecule has 0 bridgehead atoms. The lowest BCUT2D eigenvalue weighted by atomic mass is 9.85. The molecule has 1 atom stereocenters. The summed E-state index contributed by atoms with van der Waals surface area (Å²) in [5.74, 6) is 0.0995. The molecular formula is C8H15NO2. The molecule has 1 aliphatic heterocycles. The molecule has 3 nitrogen and oxygen atoms in total. The lowest BCUT2D eigenvalue weighted by molar-refractivity contribution is -0.137. The van der Waals surface area contributed by atoms with Gasteiger partial charge in [-0.2, -0.15) is 0 Å². The van der Waals surface area contributed by atoms with Crippen LogP contribution in [-0.2, 0) is 4.79 Å². The van der Waals surface area contributed by atoms with E-state index in [4.69, 9.17) is 5.11 Å². The summed E-state index contributed by atoms with van der Waals surface area (Å²) in [6.45, 7) is 2.73.